The molecule has 0 radical (unpaired) electrons. The van der Waals surface area contributed by atoms with E-state index in [4.69, 9.17) is 22.1 Å². The first kappa shape index (κ1) is 14.0. The maximum atomic E-state index is 10.8. The zero-order valence-electron chi connectivity index (χ0n) is 10.5. The number of aromatic nitrogens is 2. The van der Waals surface area contributed by atoms with E-state index in [0.717, 1.165) is 0 Å². The van der Waals surface area contributed by atoms with Gasteiger partial charge in [-0.3, -0.25) is 10.1 Å². The molecule has 7 nitrogen and oxygen atoms in total. The molecule has 0 aliphatic carbocycles. The van der Waals surface area contributed by atoms with Crippen molar-refractivity contribution in [2.45, 2.75) is 13.3 Å². The van der Waals surface area contributed by atoms with Gasteiger partial charge in [0.25, 0.3) is 5.69 Å². The fourth-order valence-corrected chi connectivity index (χ4v) is 1.77. The quantitative estimate of drug-likeness (QED) is 0.686. The zero-order valence-corrected chi connectivity index (χ0v) is 11.3. The first-order valence-corrected chi connectivity index (χ1v) is 6.11. The predicted octanol–water partition coefficient (Wildman–Crippen LogP) is 2.98. The minimum atomic E-state index is -0.530. The van der Waals surface area contributed by atoms with Crippen molar-refractivity contribution in [3.05, 3.63) is 45.2 Å². The van der Waals surface area contributed by atoms with Crippen molar-refractivity contribution in [3.8, 4) is 11.6 Å². The third kappa shape index (κ3) is 2.77. The summed E-state index contributed by atoms with van der Waals surface area (Å²) in [4.78, 5) is 18.1. The number of hydrogen-bond donors (Lipinski definition) is 1. The highest BCUT2D eigenvalue weighted by Crippen LogP contribution is 2.34. The molecule has 0 aliphatic rings. The standard InChI is InChI=1S/C12H11ClN4O3/c1-2-8-11(14)15-6-16-12(8)20-10-5-7(17(18)19)3-4-9(10)13/h3-6H,2H2,1H3,(H2,14,15,16). The summed E-state index contributed by atoms with van der Waals surface area (Å²) in [7, 11) is 0. The van der Waals surface area contributed by atoms with Crippen LogP contribution in [-0.2, 0) is 6.42 Å². The van der Waals surface area contributed by atoms with Gasteiger partial charge in [-0.05, 0) is 12.5 Å². The predicted molar refractivity (Wildman–Crippen MR) is 74.0 cm³/mol. The van der Waals surface area contributed by atoms with Crippen LogP contribution in [0.15, 0.2) is 24.5 Å². The Kier molecular flexibility index (Phi) is 3.99. The molecular formula is C12H11ClN4O3. The van der Waals surface area contributed by atoms with E-state index in [0.29, 0.717) is 17.8 Å². The van der Waals surface area contributed by atoms with Gasteiger partial charge in [0.2, 0.25) is 5.88 Å². The fraction of sp³-hybridized carbons (Fsp3) is 0.167. The van der Waals surface area contributed by atoms with E-state index >= 15 is 0 Å². The summed E-state index contributed by atoms with van der Waals surface area (Å²) in [6.45, 7) is 1.87. The van der Waals surface area contributed by atoms with Crippen LogP contribution in [0.25, 0.3) is 0 Å². The molecule has 1 aromatic carbocycles. The van der Waals surface area contributed by atoms with Gasteiger partial charge < -0.3 is 10.5 Å². The van der Waals surface area contributed by atoms with Crippen LogP contribution in [0.1, 0.15) is 12.5 Å². The molecule has 2 N–H and O–H groups in total. The lowest BCUT2D eigenvalue weighted by atomic mass is 10.2. The number of benzene rings is 1. The van der Waals surface area contributed by atoms with E-state index in [-0.39, 0.29) is 22.3 Å². The molecular weight excluding hydrogens is 284 g/mol. The van der Waals surface area contributed by atoms with Crippen molar-refractivity contribution in [2.75, 3.05) is 5.73 Å². The van der Waals surface area contributed by atoms with E-state index in [9.17, 15) is 10.1 Å². The summed E-state index contributed by atoms with van der Waals surface area (Å²) in [5.41, 5.74) is 6.23. The van der Waals surface area contributed by atoms with Crippen molar-refractivity contribution in [2.24, 2.45) is 0 Å². The molecule has 0 aliphatic heterocycles. The lowest BCUT2D eigenvalue weighted by Crippen LogP contribution is -2.02. The minimum absolute atomic E-state index is 0.121. The van der Waals surface area contributed by atoms with Gasteiger partial charge >= 0.3 is 0 Å². The van der Waals surface area contributed by atoms with E-state index in [2.05, 4.69) is 9.97 Å². The third-order valence-electron chi connectivity index (χ3n) is 2.62. The van der Waals surface area contributed by atoms with E-state index in [1.165, 1.54) is 24.5 Å². The topological polar surface area (TPSA) is 104 Å². The van der Waals surface area contributed by atoms with Crippen molar-refractivity contribution in [1.29, 1.82) is 0 Å². The molecule has 1 heterocycles. The van der Waals surface area contributed by atoms with Crippen LogP contribution in [0.4, 0.5) is 11.5 Å². The van der Waals surface area contributed by atoms with Crippen LogP contribution < -0.4 is 10.5 Å². The number of nitro benzene ring substituents is 1. The monoisotopic (exact) mass is 294 g/mol. The number of rotatable bonds is 4. The van der Waals surface area contributed by atoms with Gasteiger partial charge in [-0.15, -0.1) is 0 Å². The third-order valence-corrected chi connectivity index (χ3v) is 2.94. The van der Waals surface area contributed by atoms with E-state index in [1.807, 2.05) is 6.92 Å². The molecule has 0 saturated carbocycles. The highest BCUT2D eigenvalue weighted by Gasteiger charge is 2.15. The summed E-state index contributed by atoms with van der Waals surface area (Å²) in [5.74, 6) is 0.690. The average Bonchev–Trinajstić information content (AvgIpc) is 2.41. The first-order valence-electron chi connectivity index (χ1n) is 5.74. The maximum Gasteiger partial charge on any atom is 0.273 e. The molecule has 0 fully saturated rings. The van der Waals surface area contributed by atoms with Crippen LogP contribution >= 0.6 is 11.6 Å². The Morgan fingerprint density at radius 1 is 1.45 bits per heavy atom. The number of hydrogen-bond acceptors (Lipinski definition) is 6. The molecule has 0 unspecified atom stereocenters. The molecule has 104 valence electrons. The number of nitrogens with two attached hydrogens (primary N) is 1. The highest BCUT2D eigenvalue weighted by molar-refractivity contribution is 6.32. The number of nitrogens with zero attached hydrogens (tertiary/aromatic N) is 3. The summed E-state index contributed by atoms with van der Waals surface area (Å²) >= 11 is 5.96. The molecule has 0 bridgehead atoms. The summed E-state index contributed by atoms with van der Waals surface area (Å²) < 4.78 is 5.54. The highest BCUT2D eigenvalue weighted by atomic mass is 35.5. The molecule has 8 heteroatoms. The van der Waals surface area contributed by atoms with Crippen LogP contribution in [0, 0.1) is 10.1 Å². The Labute approximate surface area is 119 Å². The number of non-ortho nitro benzene ring substituents is 1. The number of nitro groups is 1. The second-order valence-corrected chi connectivity index (χ2v) is 4.28. The van der Waals surface area contributed by atoms with Gasteiger partial charge in [-0.2, -0.15) is 0 Å². The van der Waals surface area contributed by atoms with Crippen molar-refractivity contribution >= 4 is 23.1 Å². The van der Waals surface area contributed by atoms with Crippen molar-refractivity contribution in [1.82, 2.24) is 9.97 Å². The van der Waals surface area contributed by atoms with Gasteiger partial charge in [0.15, 0.2) is 5.75 Å². The number of nitrogen functional groups attached to an aromatic ring is 1. The number of ether oxygens (including phenoxy) is 1. The van der Waals surface area contributed by atoms with Crippen LogP contribution in [-0.4, -0.2) is 14.9 Å². The molecule has 20 heavy (non-hydrogen) atoms. The van der Waals surface area contributed by atoms with Crippen molar-refractivity contribution < 1.29 is 9.66 Å². The molecule has 0 spiro atoms. The molecule has 0 saturated heterocycles. The Hall–Kier alpha value is -2.41. The molecule has 2 aromatic rings. The zero-order chi connectivity index (χ0) is 14.7. The summed E-state index contributed by atoms with van der Waals surface area (Å²) in [6.07, 6.45) is 1.82. The van der Waals surface area contributed by atoms with Gasteiger partial charge in [-0.1, -0.05) is 18.5 Å². The smallest absolute Gasteiger partial charge is 0.273 e. The largest absolute Gasteiger partial charge is 0.437 e. The second kappa shape index (κ2) is 5.70. The van der Waals surface area contributed by atoms with Gasteiger partial charge in [0.1, 0.15) is 12.1 Å². The maximum absolute atomic E-state index is 10.8. The summed E-state index contributed by atoms with van der Waals surface area (Å²) in [5, 5.41) is 11.0. The molecule has 0 atom stereocenters. The molecule has 2 rings (SSSR count). The number of halogens is 1. The van der Waals surface area contributed by atoms with Gasteiger partial charge in [0, 0.05) is 6.07 Å². The van der Waals surface area contributed by atoms with E-state index < -0.39 is 4.92 Å². The lowest BCUT2D eigenvalue weighted by molar-refractivity contribution is -0.384. The second-order valence-electron chi connectivity index (χ2n) is 3.87. The van der Waals surface area contributed by atoms with Gasteiger partial charge in [-0.25, -0.2) is 9.97 Å². The normalized spacial score (nSPS) is 10.3. The summed E-state index contributed by atoms with van der Waals surface area (Å²) in [6, 6.07) is 3.93. The first-order chi connectivity index (χ1) is 9.52. The SMILES string of the molecule is CCc1c(N)ncnc1Oc1cc([N+](=O)[O-])ccc1Cl. The fourth-order valence-electron chi connectivity index (χ4n) is 1.62. The molecule has 0 amide bonds. The van der Waals surface area contributed by atoms with Crippen LogP contribution in [0.2, 0.25) is 5.02 Å². The minimum Gasteiger partial charge on any atom is -0.437 e. The molecule has 1 aromatic heterocycles. The van der Waals surface area contributed by atoms with Crippen LogP contribution in [0.3, 0.4) is 0 Å². The Balaban J connectivity index is 2.42. The lowest BCUT2D eigenvalue weighted by Gasteiger charge is -2.10. The van der Waals surface area contributed by atoms with E-state index in [1.54, 1.807) is 0 Å². The Bertz CT molecular complexity index is 663. The van der Waals surface area contributed by atoms with Crippen molar-refractivity contribution in [3.63, 3.8) is 0 Å². The average molecular weight is 295 g/mol. The van der Waals surface area contributed by atoms with Crippen LogP contribution in [0.5, 0.6) is 11.6 Å². The Morgan fingerprint density at radius 3 is 2.85 bits per heavy atom. The van der Waals surface area contributed by atoms with Gasteiger partial charge in [0.05, 0.1) is 21.6 Å². The Morgan fingerprint density at radius 2 is 2.20 bits per heavy atom. The number of anilines is 1.